The van der Waals surface area contributed by atoms with Gasteiger partial charge >= 0.3 is 0 Å². The molecule has 2 aromatic carbocycles. The van der Waals surface area contributed by atoms with Crippen LogP contribution in [0, 0.1) is 13.8 Å². The molecular weight excluding hydrogens is 374 g/mol. The average molecular weight is 410 g/mol. The smallest absolute Gasteiger partial charge is 0.265 e. The molecule has 0 bridgehead atoms. The van der Waals surface area contributed by atoms with Crippen molar-refractivity contribution in [1.82, 2.24) is 4.90 Å². The fourth-order valence-electron chi connectivity index (χ4n) is 3.91. The van der Waals surface area contributed by atoms with E-state index < -0.39 is 6.10 Å². The summed E-state index contributed by atoms with van der Waals surface area (Å²) in [5, 5.41) is 3.02. The van der Waals surface area contributed by atoms with E-state index in [-0.39, 0.29) is 5.91 Å². The van der Waals surface area contributed by atoms with Gasteiger partial charge in [0.2, 0.25) is 0 Å². The first-order chi connectivity index (χ1) is 14.2. The Labute approximate surface area is 181 Å². The van der Waals surface area contributed by atoms with Gasteiger partial charge in [0.25, 0.3) is 5.91 Å². The molecular formula is C25H35N3O2. The number of anilines is 2. The van der Waals surface area contributed by atoms with Crippen LogP contribution in [0.25, 0.3) is 0 Å². The Balaban J connectivity index is 1.61. The summed E-state index contributed by atoms with van der Waals surface area (Å²) >= 11 is 0. The first-order valence-electron chi connectivity index (χ1n) is 10.9. The highest BCUT2D eigenvalue weighted by molar-refractivity contribution is 5.95. The lowest BCUT2D eigenvalue weighted by Crippen LogP contribution is -2.44. The number of benzene rings is 2. The third-order valence-electron chi connectivity index (χ3n) is 5.88. The Morgan fingerprint density at radius 2 is 1.67 bits per heavy atom. The molecule has 1 aliphatic heterocycles. The summed E-state index contributed by atoms with van der Waals surface area (Å²) in [7, 11) is 2.16. The Bertz CT molecular complexity index is 886. The van der Waals surface area contributed by atoms with Crippen molar-refractivity contribution in [3.63, 3.8) is 0 Å². The largest absolute Gasteiger partial charge is 0.481 e. The van der Waals surface area contributed by atoms with Gasteiger partial charge in [-0.2, -0.15) is 0 Å². The summed E-state index contributed by atoms with van der Waals surface area (Å²) in [6, 6.07) is 12.3. The normalized spacial score (nSPS) is 15.9. The highest BCUT2D eigenvalue weighted by atomic mass is 16.5. The minimum absolute atomic E-state index is 0.143. The van der Waals surface area contributed by atoms with E-state index >= 15 is 0 Å². The Morgan fingerprint density at radius 1 is 0.967 bits per heavy atom. The van der Waals surface area contributed by atoms with Gasteiger partial charge in [0.05, 0.1) is 0 Å². The minimum Gasteiger partial charge on any atom is -0.481 e. The molecule has 5 heteroatoms. The zero-order valence-electron chi connectivity index (χ0n) is 19.2. The van der Waals surface area contributed by atoms with Crippen molar-refractivity contribution >= 4 is 17.3 Å². The predicted octanol–water partition coefficient (Wildman–Crippen LogP) is 4.58. The molecule has 0 spiro atoms. The Kier molecular flexibility index (Phi) is 7.03. The van der Waals surface area contributed by atoms with Gasteiger partial charge in [-0.3, -0.25) is 4.79 Å². The maximum absolute atomic E-state index is 12.7. The van der Waals surface area contributed by atoms with Gasteiger partial charge in [0.1, 0.15) is 5.75 Å². The number of hydrogen-bond donors (Lipinski definition) is 1. The highest BCUT2D eigenvalue weighted by Crippen LogP contribution is 2.26. The second-order valence-corrected chi connectivity index (χ2v) is 8.71. The molecule has 1 fully saturated rings. The topological polar surface area (TPSA) is 44.8 Å². The molecule has 1 amide bonds. The third kappa shape index (κ3) is 5.33. The molecule has 0 aromatic heterocycles. The van der Waals surface area contributed by atoms with E-state index in [1.807, 2.05) is 25.1 Å². The number of aryl methyl sites for hydroxylation is 2. The van der Waals surface area contributed by atoms with Crippen molar-refractivity contribution < 1.29 is 9.53 Å². The zero-order valence-corrected chi connectivity index (χ0v) is 19.2. The highest BCUT2D eigenvalue weighted by Gasteiger charge is 2.18. The van der Waals surface area contributed by atoms with E-state index in [0.29, 0.717) is 5.92 Å². The van der Waals surface area contributed by atoms with Crippen molar-refractivity contribution in [2.75, 3.05) is 43.4 Å². The van der Waals surface area contributed by atoms with E-state index in [9.17, 15) is 4.79 Å². The number of amides is 1. The molecule has 30 heavy (non-hydrogen) atoms. The molecule has 1 aliphatic rings. The van der Waals surface area contributed by atoms with E-state index in [2.05, 4.69) is 61.1 Å². The first kappa shape index (κ1) is 22.2. The molecule has 1 N–H and O–H groups in total. The van der Waals surface area contributed by atoms with Crippen LogP contribution < -0.4 is 15.0 Å². The number of likely N-dealkylation sites (N-methyl/N-ethyl adjacent to an activating group) is 1. The molecule has 1 saturated heterocycles. The second kappa shape index (κ2) is 9.52. The maximum Gasteiger partial charge on any atom is 0.265 e. The lowest BCUT2D eigenvalue weighted by molar-refractivity contribution is -0.122. The van der Waals surface area contributed by atoms with Crippen LogP contribution in [0.15, 0.2) is 36.4 Å². The first-order valence-corrected chi connectivity index (χ1v) is 10.9. The number of hydrogen-bond acceptors (Lipinski definition) is 4. The molecule has 1 heterocycles. The molecule has 3 rings (SSSR count). The maximum atomic E-state index is 12.7. The summed E-state index contributed by atoms with van der Waals surface area (Å²) in [6.07, 6.45) is -0.578. The monoisotopic (exact) mass is 409 g/mol. The second-order valence-electron chi connectivity index (χ2n) is 8.71. The predicted molar refractivity (Wildman–Crippen MR) is 125 cm³/mol. The molecule has 0 radical (unpaired) electrons. The minimum atomic E-state index is -0.578. The zero-order chi connectivity index (χ0) is 21.8. The fourth-order valence-corrected chi connectivity index (χ4v) is 3.91. The number of nitrogens with one attached hydrogen (secondary N) is 1. The number of nitrogens with zero attached hydrogens (tertiary/aromatic N) is 2. The van der Waals surface area contributed by atoms with E-state index in [0.717, 1.165) is 43.2 Å². The number of carbonyl (C=O) groups excluding carboxylic acids is 1. The van der Waals surface area contributed by atoms with Crippen molar-refractivity contribution in [2.45, 2.75) is 46.6 Å². The van der Waals surface area contributed by atoms with Crippen LogP contribution in [0.2, 0.25) is 0 Å². The van der Waals surface area contributed by atoms with Gasteiger partial charge in [-0.05, 0) is 80.8 Å². The summed E-state index contributed by atoms with van der Waals surface area (Å²) in [6.45, 7) is 14.5. The number of carbonyl (C=O) groups is 1. The third-order valence-corrected chi connectivity index (χ3v) is 5.88. The number of ether oxygens (including phenoxy) is 1. The van der Waals surface area contributed by atoms with E-state index in [4.69, 9.17) is 4.74 Å². The molecule has 162 valence electrons. The molecule has 2 aromatic rings. The summed E-state index contributed by atoms with van der Waals surface area (Å²) in [4.78, 5) is 17.4. The Hall–Kier alpha value is -2.53. The summed E-state index contributed by atoms with van der Waals surface area (Å²) < 4.78 is 5.91. The van der Waals surface area contributed by atoms with Gasteiger partial charge in [-0.1, -0.05) is 19.9 Å². The molecule has 5 nitrogen and oxygen atoms in total. The SMILES string of the molecule is Cc1cc(N2CCN(C)CC2)ccc1NC(=O)C(C)Oc1ccc(C(C)C)c(C)c1. The number of rotatable bonds is 6. The van der Waals surface area contributed by atoms with Gasteiger partial charge in [-0.25, -0.2) is 0 Å². The molecule has 0 saturated carbocycles. The number of piperazine rings is 1. The van der Waals surface area contributed by atoms with E-state index in [1.165, 1.54) is 16.8 Å². The van der Waals surface area contributed by atoms with Crippen molar-refractivity contribution in [1.29, 1.82) is 0 Å². The van der Waals surface area contributed by atoms with Crippen molar-refractivity contribution in [3.05, 3.63) is 53.1 Å². The quantitative estimate of drug-likeness (QED) is 0.758. The van der Waals surface area contributed by atoms with Crippen LogP contribution in [0.1, 0.15) is 43.4 Å². The van der Waals surface area contributed by atoms with Crippen LogP contribution in [-0.4, -0.2) is 50.1 Å². The van der Waals surface area contributed by atoms with Crippen LogP contribution in [0.4, 0.5) is 11.4 Å². The Morgan fingerprint density at radius 3 is 2.27 bits per heavy atom. The van der Waals surface area contributed by atoms with E-state index in [1.54, 1.807) is 6.92 Å². The molecule has 1 atom stereocenters. The average Bonchev–Trinajstić information content (AvgIpc) is 2.69. The summed E-state index contributed by atoms with van der Waals surface area (Å²) in [5.74, 6) is 1.05. The molecule has 1 unspecified atom stereocenters. The van der Waals surface area contributed by atoms with Crippen molar-refractivity contribution in [3.8, 4) is 5.75 Å². The standard InChI is InChI=1S/C25H35N3O2/c1-17(2)23-9-8-22(16-18(23)3)30-20(5)25(29)26-24-10-7-21(15-19(24)4)28-13-11-27(6)12-14-28/h7-10,15-17,20H,11-14H2,1-6H3,(H,26,29). The van der Waals surface area contributed by atoms with Crippen LogP contribution >= 0.6 is 0 Å². The van der Waals surface area contributed by atoms with Crippen molar-refractivity contribution in [2.24, 2.45) is 0 Å². The fraction of sp³-hybridized carbons (Fsp3) is 0.480. The van der Waals surface area contributed by atoms with Gasteiger partial charge in [0, 0.05) is 37.6 Å². The summed E-state index contributed by atoms with van der Waals surface area (Å²) in [5.41, 5.74) is 5.59. The van der Waals surface area contributed by atoms with Crippen LogP contribution in [0.3, 0.4) is 0 Å². The van der Waals surface area contributed by atoms with Gasteiger partial charge < -0.3 is 19.9 Å². The lowest BCUT2D eigenvalue weighted by Gasteiger charge is -2.34. The van der Waals surface area contributed by atoms with Gasteiger partial charge in [-0.15, -0.1) is 0 Å². The molecule has 0 aliphatic carbocycles. The van der Waals surface area contributed by atoms with Crippen LogP contribution in [0.5, 0.6) is 5.75 Å². The lowest BCUT2D eigenvalue weighted by atomic mass is 9.98. The van der Waals surface area contributed by atoms with Gasteiger partial charge in [0.15, 0.2) is 6.10 Å². The van der Waals surface area contributed by atoms with Crippen LogP contribution in [-0.2, 0) is 4.79 Å².